The van der Waals surface area contributed by atoms with Gasteiger partial charge in [-0.15, -0.1) is 0 Å². The molecule has 0 bridgehead atoms. The van der Waals surface area contributed by atoms with E-state index >= 15 is 0 Å². The fourth-order valence-electron chi connectivity index (χ4n) is 4.24. The fourth-order valence-corrected chi connectivity index (χ4v) is 4.24. The lowest BCUT2D eigenvalue weighted by Gasteiger charge is -2.27. The highest BCUT2D eigenvalue weighted by molar-refractivity contribution is 6.02. The summed E-state index contributed by atoms with van der Waals surface area (Å²) < 4.78 is 0. The van der Waals surface area contributed by atoms with Crippen molar-refractivity contribution in [1.82, 2.24) is 5.32 Å². The van der Waals surface area contributed by atoms with Gasteiger partial charge in [-0.1, -0.05) is 56.4 Å². The summed E-state index contributed by atoms with van der Waals surface area (Å²) in [4.78, 5) is 26.1. The zero-order valence-electron chi connectivity index (χ0n) is 16.2. The molecule has 1 heterocycles. The smallest absolute Gasteiger partial charge is 0.250 e. The van der Waals surface area contributed by atoms with E-state index in [1.54, 1.807) is 13.0 Å². The van der Waals surface area contributed by atoms with Crippen molar-refractivity contribution < 1.29 is 9.59 Å². The Morgan fingerprint density at radius 1 is 1.26 bits per heavy atom. The van der Waals surface area contributed by atoms with E-state index in [1.165, 1.54) is 37.7 Å². The molecule has 0 spiro atoms. The molecule has 1 aromatic carbocycles. The maximum atomic E-state index is 12.7. The fraction of sp³-hybridized carbons (Fsp3) is 0.545. The van der Waals surface area contributed by atoms with Crippen LogP contribution in [-0.4, -0.2) is 30.4 Å². The van der Waals surface area contributed by atoms with Crippen molar-refractivity contribution in [2.24, 2.45) is 11.7 Å². The lowest BCUT2D eigenvalue weighted by Crippen LogP contribution is -2.44. The summed E-state index contributed by atoms with van der Waals surface area (Å²) in [5, 5.41) is 3.30. The summed E-state index contributed by atoms with van der Waals surface area (Å²) in [7, 11) is 0. The first-order valence-corrected chi connectivity index (χ1v) is 10.2. The van der Waals surface area contributed by atoms with Crippen molar-refractivity contribution >= 4 is 17.5 Å². The number of fused-ring (bicyclic) bond motifs is 1. The SMILES string of the molecule is C[C@H](N[C@H](/C=C/C(=O)N1CCc2ccccc21)CC1CCCCC1)C(N)=O. The Morgan fingerprint density at radius 3 is 2.74 bits per heavy atom. The molecule has 5 nitrogen and oxygen atoms in total. The van der Waals surface area contributed by atoms with Gasteiger partial charge in [-0.2, -0.15) is 0 Å². The Kier molecular flexibility index (Phi) is 6.67. The van der Waals surface area contributed by atoms with E-state index in [1.807, 2.05) is 29.2 Å². The van der Waals surface area contributed by atoms with Gasteiger partial charge >= 0.3 is 0 Å². The molecule has 146 valence electrons. The normalized spacial score (nSPS) is 19.8. The van der Waals surface area contributed by atoms with Gasteiger partial charge in [-0.05, 0) is 37.3 Å². The Labute approximate surface area is 162 Å². The first-order chi connectivity index (χ1) is 13.0. The molecule has 2 amide bonds. The highest BCUT2D eigenvalue weighted by atomic mass is 16.2. The Hall–Kier alpha value is -2.14. The van der Waals surface area contributed by atoms with Gasteiger partial charge in [-0.25, -0.2) is 0 Å². The van der Waals surface area contributed by atoms with Gasteiger partial charge in [0.05, 0.1) is 6.04 Å². The topological polar surface area (TPSA) is 75.4 Å². The van der Waals surface area contributed by atoms with Crippen LogP contribution < -0.4 is 16.0 Å². The quantitative estimate of drug-likeness (QED) is 0.726. The van der Waals surface area contributed by atoms with Crippen molar-refractivity contribution in [3.8, 4) is 0 Å². The summed E-state index contributed by atoms with van der Waals surface area (Å²) >= 11 is 0. The van der Waals surface area contributed by atoms with Crippen LogP contribution in [0.1, 0.15) is 51.0 Å². The van der Waals surface area contributed by atoms with Crippen LogP contribution in [0.2, 0.25) is 0 Å². The van der Waals surface area contributed by atoms with Crippen LogP contribution in [0.25, 0.3) is 0 Å². The molecule has 2 atom stereocenters. The number of para-hydroxylation sites is 1. The second-order valence-electron chi connectivity index (χ2n) is 7.86. The zero-order chi connectivity index (χ0) is 19.2. The van der Waals surface area contributed by atoms with E-state index in [9.17, 15) is 9.59 Å². The number of nitrogens with one attached hydrogen (secondary N) is 1. The maximum absolute atomic E-state index is 12.7. The van der Waals surface area contributed by atoms with E-state index in [0.717, 1.165) is 25.1 Å². The zero-order valence-corrected chi connectivity index (χ0v) is 16.2. The number of hydrogen-bond donors (Lipinski definition) is 2. The summed E-state index contributed by atoms with van der Waals surface area (Å²) in [6.45, 7) is 2.50. The van der Waals surface area contributed by atoms with Gasteiger partial charge in [0.1, 0.15) is 0 Å². The highest BCUT2D eigenvalue weighted by Crippen LogP contribution is 2.29. The number of primary amides is 1. The van der Waals surface area contributed by atoms with Crippen molar-refractivity contribution in [2.45, 2.75) is 64.0 Å². The van der Waals surface area contributed by atoms with Crippen LogP contribution in [0.5, 0.6) is 0 Å². The number of amides is 2. The Balaban J connectivity index is 1.66. The molecule has 2 aliphatic rings. The van der Waals surface area contributed by atoms with Gasteiger partial charge in [0.2, 0.25) is 5.91 Å². The lowest BCUT2D eigenvalue weighted by molar-refractivity contribution is -0.119. The molecule has 1 aromatic rings. The molecule has 5 heteroatoms. The molecule has 0 aromatic heterocycles. The summed E-state index contributed by atoms with van der Waals surface area (Å²) in [5.74, 6) is 0.280. The van der Waals surface area contributed by atoms with Crippen LogP contribution in [-0.2, 0) is 16.0 Å². The number of carbonyl (C=O) groups excluding carboxylic acids is 2. The molecular weight excluding hydrogens is 338 g/mol. The Morgan fingerprint density at radius 2 is 2.00 bits per heavy atom. The molecule has 0 unspecified atom stereocenters. The number of rotatable bonds is 7. The number of carbonyl (C=O) groups is 2. The molecular formula is C22H31N3O2. The third-order valence-electron chi connectivity index (χ3n) is 5.83. The van der Waals surface area contributed by atoms with Gasteiger partial charge in [0.15, 0.2) is 0 Å². The molecule has 1 aliphatic heterocycles. The van der Waals surface area contributed by atoms with Crippen LogP contribution in [0, 0.1) is 5.92 Å². The molecule has 3 N–H and O–H groups in total. The van der Waals surface area contributed by atoms with Gasteiger partial charge in [0.25, 0.3) is 5.91 Å². The molecule has 1 aliphatic carbocycles. The third kappa shape index (κ3) is 5.19. The minimum absolute atomic E-state index is 0.00197. The number of benzene rings is 1. The molecule has 0 radical (unpaired) electrons. The van der Waals surface area contributed by atoms with E-state index in [0.29, 0.717) is 5.92 Å². The van der Waals surface area contributed by atoms with E-state index < -0.39 is 6.04 Å². The van der Waals surface area contributed by atoms with Crippen LogP contribution in [0.3, 0.4) is 0 Å². The average molecular weight is 370 g/mol. The van der Waals surface area contributed by atoms with E-state index in [2.05, 4.69) is 11.4 Å². The van der Waals surface area contributed by atoms with Crippen LogP contribution in [0.4, 0.5) is 5.69 Å². The average Bonchev–Trinajstić information content (AvgIpc) is 3.10. The largest absolute Gasteiger partial charge is 0.368 e. The molecule has 1 fully saturated rings. The number of nitrogens with two attached hydrogens (primary N) is 1. The monoisotopic (exact) mass is 369 g/mol. The maximum Gasteiger partial charge on any atom is 0.250 e. The molecule has 1 saturated carbocycles. The van der Waals surface area contributed by atoms with Crippen molar-refractivity contribution in [3.05, 3.63) is 42.0 Å². The predicted molar refractivity (Wildman–Crippen MR) is 108 cm³/mol. The second kappa shape index (κ2) is 9.18. The summed E-state index contributed by atoms with van der Waals surface area (Å²) in [6, 6.07) is 7.63. The molecule has 3 rings (SSSR count). The van der Waals surface area contributed by atoms with E-state index in [-0.39, 0.29) is 17.9 Å². The van der Waals surface area contributed by atoms with Crippen LogP contribution >= 0.6 is 0 Å². The van der Waals surface area contributed by atoms with Gasteiger partial charge < -0.3 is 10.6 Å². The highest BCUT2D eigenvalue weighted by Gasteiger charge is 2.24. The molecule has 0 saturated heterocycles. The minimum atomic E-state index is -0.411. The van der Waals surface area contributed by atoms with Gasteiger partial charge in [-0.3, -0.25) is 14.9 Å². The number of anilines is 1. The van der Waals surface area contributed by atoms with Crippen LogP contribution in [0.15, 0.2) is 36.4 Å². The van der Waals surface area contributed by atoms with Crippen molar-refractivity contribution in [1.29, 1.82) is 0 Å². The standard InChI is InChI=1S/C22H31N3O2/c1-16(22(23)27)24-19(15-17-7-3-2-4-8-17)11-12-21(26)25-14-13-18-9-5-6-10-20(18)25/h5-6,9-12,16-17,19,24H,2-4,7-8,13-15H2,1H3,(H2,23,27)/b12-11+/t16-,19+/m0/s1. The minimum Gasteiger partial charge on any atom is -0.368 e. The van der Waals surface area contributed by atoms with Crippen molar-refractivity contribution in [2.75, 3.05) is 11.4 Å². The second-order valence-corrected chi connectivity index (χ2v) is 7.86. The number of nitrogens with zero attached hydrogens (tertiary/aromatic N) is 1. The molecule has 27 heavy (non-hydrogen) atoms. The lowest BCUT2D eigenvalue weighted by atomic mass is 9.84. The van der Waals surface area contributed by atoms with Crippen molar-refractivity contribution in [3.63, 3.8) is 0 Å². The van der Waals surface area contributed by atoms with Gasteiger partial charge in [0, 0.05) is 24.4 Å². The third-order valence-corrected chi connectivity index (χ3v) is 5.83. The Bertz CT molecular complexity index is 695. The first kappa shape index (κ1) is 19.6. The first-order valence-electron chi connectivity index (χ1n) is 10.2. The summed E-state index contributed by atoms with van der Waals surface area (Å²) in [5.41, 5.74) is 7.65. The van der Waals surface area contributed by atoms with E-state index in [4.69, 9.17) is 5.73 Å². The predicted octanol–water partition coefficient (Wildman–Crippen LogP) is 2.93. The number of hydrogen-bond acceptors (Lipinski definition) is 3. The summed E-state index contributed by atoms with van der Waals surface area (Å²) in [6.07, 6.45) is 11.7.